The van der Waals surface area contributed by atoms with Gasteiger partial charge in [-0.05, 0) is 36.5 Å². The van der Waals surface area contributed by atoms with Crippen molar-refractivity contribution in [3.05, 3.63) is 0 Å². The van der Waals surface area contributed by atoms with Crippen LogP contribution < -0.4 is 0 Å². The fraction of sp³-hybridized carbons (Fsp3) is 0.875. The van der Waals surface area contributed by atoms with Crippen LogP contribution in [-0.2, 0) is 9.59 Å². The molecule has 0 heterocycles. The summed E-state index contributed by atoms with van der Waals surface area (Å²) in [5.74, 6) is -1.58. The van der Waals surface area contributed by atoms with E-state index in [0.717, 1.165) is 6.42 Å². The Kier molecular flexibility index (Phi) is 7.25. The average molecular weight is 286 g/mol. The molecule has 0 aliphatic heterocycles. The van der Waals surface area contributed by atoms with Crippen molar-refractivity contribution < 1.29 is 19.8 Å². The van der Waals surface area contributed by atoms with Gasteiger partial charge in [-0.15, -0.1) is 0 Å². The first-order valence-corrected chi connectivity index (χ1v) is 7.44. The van der Waals surface area contributed by atoms with Gasteiger partial charge < -0.3 is 10.2 Å². The predicted molar refractivity (Wildman–Crippen MR) is 79.6 cm³/mol. The van der Waals surface area contributed by atoms with Crippen molar-refractivity contribution in [3.8, 4) is 0 Å². The lowest BCUT2D eigenvalue weighted by Gasteiger charge is -2.39. The van der Waals surface area contributed by atoms with Gasteiger partial charge >= 0.3 is 11.9 Å². The lowest BCUT2D eigenvalue weighted by atomic mass is 9.66. The van der Waals surface area contributed by atoms with Crippen LogP contribution in [0.2, 0.25) is 0 Å². The third kappa shape index (κ3) is 5.93. The Morgan fingerprint density at radius 2 is 1.40 bits per heavy atom. The molecular formula is C16H30O4. The second kappa shape index (κ2) is 7.65. The van der Waals surface area contributed by atoms with E-state index in [4.69, 9.17) is 10.2 Å². The van der Waals surface area contributed by atoms with Crippen LogP contribution in [0.15, 0.2) is 0 Å². The second-order valence-electron chi connectivity index (χ2n) is 7.09. The van der Waals surface area contributed by atoms with Crippen molar-refractivity contribution in [2.75, 3.05) is 0 Å². The zero-order valence-corrected chi connectivity index (χ0v) is 13.6. The number of aliphatic carboxylic acids is 2. The smallest absolute Gasteiger partial charge is 0.306 e. The van der Waals surface area contributed by atoms with E-state index in [-0.39, 0.29) is 23.2 Å². The van der Waals surface area contributed by atoms with Crippen LogP contribution in [0.1, 0.15) is 60.8 Å². The van der Waals surface area contributed by atoms with Crippen LogP contribution in [0.3, 0.4) is 0 Å². The fourth-order valence-corrected chi connectivity index (χ4v) is 2.87. The molecule has 2 N–H and O–H groups in total. The molecule has 20 heavy (non-hydrogen) atoms. The van der Waals surface area contributed by atoms with E-state index < -0.39 is 11.9 Å². The van der Waals surface area contributed by atoms with Crippen LogP contribution in [-0.4, -0.2) is 22.2 Å². The lowest BCUT2D eigenvalue weighted by Crippen LogP contribution is -2.32. The van der Waals surface area contributed by atoms with Gasteiger partial charge in [-0.25, -0.2) is 0 Å². The minimum Gasteiger partial charge on any atom is -0.481 e. The molecule has 0 spiro atoms. The number of rotatable bonds is 9. The number of hydrogen-bond acceptors (Lipinski definition) is 2. The van der Waals surface area contributed by atoms with Gasteiger partial charge in [0.2, 0.25) is 0 Å². The Morgan fingerprint density at radius 3 is 1.75 bits per heavy atom. The minimum atomic E-state index is -0.763. The standard InChI is InChI=1S/C16H30O4/c1-10(2)13(9-12(4)15(19)20)16(5,6)8-7-11(3)14(17)18/h10-13H,7-9H2,1-6H3,(H,17,18)(H,19,20). The predicted octanol–water partition coefficient (Wildman–Crippen LogP) is 3.90. The topological polar surface area (TPSA) is 74.6 Å². The third-order valence-electron chi connectivity index (χ3n) is 4.48. The van der Waals surface area contributed by atoms with Gasteiger partial charge in [0.25, 0.3) is 0 Å². The molecular weight excluding hydrogens is 256 g/mol. The Balaban J connectivity index is 4.79. The molecule has 0 aliphatic rings. The van der Waals surface area contributed by atoms with E-state index in [1.807, 2.05) is 0 Å². The van der Waals surface area contributed by atoms with Crippen molar-refractivity contribution in [2.45, 2.75) is 60.8 Å². The summed E-state index contributed by atoms with van der Waals surface area (Å²) < 4.78 is 0. The van der Waals surface area contributed by atoms with Gasteiger partial charge in [-0.2, -0.15) is 0 Å². The van der Waals surface area contributed by atoms with Gasteiger partial charge in [0.1, 0.15) is 0 Å². The quantitative estimate of drug-likeness (QED) is 0.674. The van der Waals surface area contributed by atoms with Gasteiger partial charge in [0.05, 0.1) is 11.8 Å². The number of carboxylic acids is 2. The lowest BCUT2D eigenvalue weighted by molar-refractivity contribution is -0.142. The summed E-state index contributed by atoms with van der Waals surface area (Å²) in [5.41, 5.74) is -0.0540. The minimum absolute atomic E-state index is 0.0540. The highest BCUT2D eigenvalue weighted by Gasteiger charge is 2.34. The molecule has 3 atom stereocenters. The SMILES string of the molecule is CC(CCC(C)(C)C(CC(C)C(=O)O)C(C)C)C(=O)O. The number of carbonyl (C=O) groups is 2. The molecule has 0 rings (SSSR count). The maximum atomic E-state index is 11.1. The van der Waals surface area contributed by atoms with E-state index in [0.29, 0.717) is 18.8 Å². The van der Waals surface area contributed by atoms with Crippen LogP contribution >= 0.6 is 0 Å². The van der Waals surface area contributed by atoms with Crippen molar-refractivity contribution in [1.82, 2.24) is 0 Å². The third-order valence-corrected chi connectivity index (χ3v) is 4.48. The monoisotopic (exact) mass is 286 g/mol. The van der Waals surface area contributed by atoms with Crippen LogP contribution in [0.5, 0.6) is 0 Å². The summed E-state index contributed by atoms with van der Waals surface area (Å²) in [7, 11) is 0. The maximum absolute atomic E-state index is 11.1. The Morgan fingerprint density at radius 1 is 0.950 bits per heavy atom. The van der Waals surface area contributed by atoms with E-state index in [1.54, 1.807) is 13.8 Å². The zero-order chi connectivity index (χ0) is 16.1. The number of carboxylic acid groups (broad SMARTS) is 2. The van der Waals surface area contributed by atoms with Crippen molar-refractivity contribution in [3.63, 3.8) is 0 Å². The Hall–Kier alpha value is -1.06. The largest absolute Gasteiger partial charge is 0.481 e. The Bertz CT molecular complexity index is 333. The molecule has 0 aliphatic carbocycles. The fourth-order valence-electron chi connectivity index (χ4n) is 2.87. The van der Waals surface area contributed by atoms with Crippen LogP contribution in [0.25, 0.3) is 0 Å². The van der Waals surface area contributed by atoms with Crippen molar-refractivity contribution >= 4 is 11.9 Å². The zero-order valence-electron chi connectivity index (χ0n) is 13.6. The first-order valence-electron chi connectivity index (χ1n) is 7.44. The molecule has 118 valence electrons. The van der Waals surface area contributed by atoms with E-state index in [1.165, 1.54) is 0 Å². The normalized spacial score (nSPS) is 16.8. The van der Waals surface area contributed by atoms with Gasteiger partial charge in [0.15, 0.2) is 0 Å². The highest BCUT2D eigenvalue weighted by molar-refractivity contribution is 5.69. The molecule has 0 radical (unpaired) electrons. The summed E-state index contributed by atoms with van der Waals surface area (Å²) in [4.78, 5) is 22.0. The van der Waals surface area contributed by atoms with Gasteiger partial charge in [-0.1, -0.05) is 41.5 Å². The van der Waals surface area contributed by atoms with Crippen molar-refractivity contribution in [1.29, 1.82) is 0 Å². The van der Waals surface area contributed by atoms with Crippen LogP contribution in [0.4, 0.5) is 0 Å². The first kappa shape index (κ1) is 18.9. The van der Waals surface area contributed by atoms with Gasteiger partial charge in [-0.3, -0.25) is 9.59 Å². The highest BCUT2D eigenvalue weighted by atomic mass is 16.4. The molecule has 0 aromatic rings. The summed E-state index contributed by atoms with van der Waals surface area (Å²) >= 11 is 0. The molecule has 3 unspecified atom stereocenters. The van der Waals surface area contributed by atoms with Crippen LogP contribution in [0, 0.1) is 29.1 Å². The first-order chi connectivity index (χ1) is 8.99. The molecule has 0 bridgehead atoms. The summed E-state index contributed by atoms with van der Waals surface area (Å²) in [6.45, 7) is 11.9. The second-order valence-corrected chi connectivity index (χ2v) is 7.09. The maximum Gasteiger partial charge on any atom is 0.306 e. The molecule has 0 fully saturated rings. The van der Waals surface area contributed by atoms with E-state index in [2.05, 4.69) is 27.7 Å². The molecule has 0 aromatic carbocycles. The molecule has 0 saturated heterocycles. The molecule has 4 heteroatoms. The molecule has 0 amide bonds. The van der Waals surface area contributed by atoms with E-state index >= 15 is 0 Å². The van der Waals surface area contributed by atoms with Gasteiger partial charge in [0, 0.05) is 0 Å². The molecule has 0 saturated carbocycles. The summed E-state index contributed by atoms with van der Waals surface area (Å²) in [6.07, 6.45) is 2.07. The molecule has 0 aromatic heterocycles. The van der Waals surface area contributed by atoms with E-state index in [9.17, 15) is 9.59 Å². The highest BCUT2D eigenvalue weighted by Crippen LogP contribution is 2.41. The average Bonchev–Trinajstić information content (AvgIpc) is 2.31. The summed E-state index contributed by atoms with van der Waals surface area (Å²) in [6, 6.07) is 0. The molecule has 4 nitrogen and oxygen atoms in total. The Labute approximate surface area is 122 Å². The summed E-state index contributed by atoms with van der Waals surface area (Å²) in [5, 5.41) is 18.1. The number of hydrogen-bond donors (Lipinski definition) is 2. The van der Waals surface area contributed by atoms with Crippen molar-refractivity contribution in [2.24, 2.45) is 29.1 Å².